The Morgan fingerprint density at radius 2 is 2.15 bits per heavy atom. The van der Waals surface area contributed by atoms with Crippen LogP contribution in [0, 0.1) is 6.92 Å². The molecule has 13 heavy (non-hydrogen) atoms. The van der Waals surface area contributed by atoms with E-state index in [0.29, 0.717) is 12.1 Å². The maximum atomic E-state index is 4.20. The molecule has 1 heterocycles. The van der Waals surface area contributed by atoms with Crippen LogP contribution in [0.2, 0.25) is 0 Å². The fraction of sp³-hybridized carbons (Fsp3) is 0.778. The molecule has 0 radical (unpaired) electrons. The summed E-state index contributed by atoms with van der Waals surface area (Å²) in [5.41, 5.74) is 0. The largest absolute Gasteiger partial charge is 0.311 e. The monoisotopic (exact) mass is 180 g/mol. The van der Waals surface area contributed by atoms with E-state index in [4.69, 9.17) is 0 Å². The van der Waals surface area contributed by atoms with Crippen molar-refractivity contribution in [1.82, 2.24) is 20.1 Å². The average Bonchev–Trinajstić information content (AvgIpc) is 2.89. The van der Waals surface area contributed by atoms with Gasteiger partial charge in [-0.15, -0.1) is 10.2 Å². The van der Waals surface area contributed by atoms with Crippen LogP contribution < -0.4 is 5.32 Å². The van der Waals surface area contributed by atoms with Gasteiger partial charge in [-0.25, -0.2) is 0 Å². The van der Waals surface area contributed by atoms with Gasteiger partial charge in [-0.3, -0.25) is 0 Å². The van der Waals surface area contributed by atoms with Crippen LogP contribution in [0.1, 0.15) is 43.5 Å². The topological polar surface area (TPSA) is 42.7 Å². The van der Waals surface area contributed by atoms with Gasteiger partial charge in [0.25, 0.3) is 0 Å². The van der Waals surface area contributed by atoms with E-state index in [1.54, 1.807) is 0 Å². The van der Waals surface area contributed by atoms with Gasteiger partial charge in [-0.1, -0.05) is 0 Å². The van der Waals surface area contributed by atoms with Crippen molar-refractivity contribution >= 4 is 0 Å². The van der Waals surface area contributed by atoms with Crippen molar-refractivity contribution in [3.8, 4) is 0 Å². The number of aryl methyl sites for hydroxylation is 1. The zero-order chi connectivity index (χ0) is 9.42. The lowest BCUT2D eigenvalue weighted by Gasteiger charge is -2.12. The van der Waals surface area contributed by atoms with Gasteiger partial charge in [0.05, 0.1) is 6.04 Å². The standard InChI is InChI=1S/C9H16N4/c1-6(10-3)9-12-11-7(2)13(9)8-4-5-8/h6,8,10H,4-5H2,1-3H3/t6-/m0/s1. The lowest BCUT2D eigenvalue weighted by atomic mass is 10.3. The van der Waals surface area contributed by atoms with Gasteiger partial charge < -0.3 is 9.88 Å². The Morgan fingerprint density at radius 1 is 1.46 bits per heavy atom. The van der Waals surface area contributed by atoms with Crippen LogP contribution in [-0.4, -0.2) is 21.8 Å². The van der Waals surface area contributed by atoms with Crippen molar-refractivity contribution in [3.63, 3.8) is 0 Å². The van der Waals surface area contributed by atoms with Gasteiger partial charge in [0, 0.05) is 6.04 Å². The van der Waals surface area contributed by atoms with Crippen molar-refractivity contribution in [2.75, 3.05) is 7.05 Å². The molecule has 0 saturated heterocycles. The predicted molar refractivity (Wildman–Crippen MR) is 50.5 cm³/mol. The maximum absolute atomic E-state index is 4.20. The second-order valence-corrected chi connectivity index (χ2v) is 3.72. The normalized spacial score (nSPS) is 19.0. The number of rotatable bonds is 3. The zero-order valence-corrected chi connectivity index (χ0v) is 8.41. The van der Waals surface area contributed by atoms with Crippen molar-refractivity contribution in [2.45, 2.75) is 38.8 Å². The highest BCUT2D eigenvalue weighted by atomic mass is 15.3. The second-order valence-electron chi connectivity index (χ2n) is 3.72. The Hall–Kier alpha value is -0.900. The Kier molecular flexibility index (Phi) is 2.07. The van der Waals surface area contributed by atoms with Crippen LogP contribution in [0.5, 0.6) is 0 Å². The summed E-state index contributed by atoms with van der Waals surface area (Å²) in [6.07, 6.45) is 2.56. The Bertz CT molecular complexity index is 301. The molecule has 1 fully saturated rings. The molecule has 0 aliphatic heterocycles. The van der Waals surface area contributed by atoms with Crippen molar-refractivity contribution in [3.05, 3.63) is 11.6 Å². The SMILES string of the molecule is CN[C@@H](C)c1nnc(C)n1C1CC1. The minimum absolute atomic E-state index is 0.293. The molecule has 0 bridgehead atoms. The molecule has 1 N–H and O–H groups in total. The molecular formula is C9H16N4. The number of hydrogen-bond acceptors (Lipinski definition) is 3. The lowest BCUT2D eigenvalue weighted by Crippen LogP contribution is -2.18. The molecule has 4 heteroatoms. The molecule has 1 aromatic rings. The Morgan fingerprint density at radius 3 is 2.69 bits per heavy atom. The number of nitrogens with one attached hydrogen (secondary N) is 1. The number of nitrogens with zero attached hydrogens (tertiary/aromatic N) is 3. The van der Waals surface area contributed by atoms with Crippen molar-refractivity contribution in [1.29, 1.82) is 0 Å². The smallest absolute Gasteiger partial charge is 0.150 e. The number of hydrogen-bond donors (Lipinski definition) is 1. The van der Waals surface area contributed by atoms with Crippen molar-refractivity contribution < 1.29 is 0 Å². The third-order valence-corrected chi connectivity index (χ3v) is 2.62. The molecule has 1 aliphatic rings. The lowest BCUT2D eigenvalue weighted by molar-refractivity contribution is 0.552. The van der Waals surface area contributed by atoms with E-state index in [-0.39, 0.29) is 0 Å². The first kappa shape index (κ1) is 8.69. The first-order valence-corrected chi connectivity index (χ1v) is 4.82. The molecule has 1 aliphatic carbocycles. The summed E-state index contributed by atoms with van der Waals surface area (Å²) < 4.78 is 2.27. The van der Waals surface area contributed by atoms with E-state index in [1.807, 2.05) is 14.0 Å². The summed E-state index contributed by atoms with van der Waals surface area (Å²) in [6.45, 7) is 4.14. The van der Waals surface area contributed by atoms with Gasteiger partial charge in [0.2, 0.25) is 0 Å². The summed E-state index contributed by atoms with van der Waals surface area (Å²) >= 11 is 0. The first-order valence-electron chi connectivity index (χ1n) is 4.82. The minimum atomic E-state index is 0.293. The zero-order valence-electron chi connectivity index (χ0n) is 8.41. The quantitative estimate of drug-likeness (QED) is 0.760. The van der Waals surface area contributed by atoms with Crippen LogP contribution >= 0.6 is 0 Å². The van der Waals surface area contributed by atoms with Crippen LogP contribution in [0.25, 0.3) is 0 Å². The van der Waals surface area contributed by atoms with E-state index < -0.39 is 0 Å². The maximum Gasteiger partial charge on any atom is 0.150 e. The van der Waals surface area contributed by atoms with Gasteiger partial charge in [-0.05, 0) is 33.7 Å². The highest BCUT2D eigenvalue weighted by Gasteiger charge is 2.29. The van der Waals surface area contributed by atoms with Gasteiger partial charge >= 0.3 is 0 Å². The van der Waals surface area contributed by atoms with E-state index in [1.165, 1.54) is 12.8 Å². The fourth-order valence-electron chi connectivity index (χ4n) is 1.59. The van der Waals surface area contributed by atoms with Gasteiger partial charge in [0.15, 0.2) is 0 Å². The van der Waals surface area contributed by atoms with Gasteiger partial charge in [-0.2, -0.15) is 0 Å². The summed E-state index contributed by atoms with van der Waals surface area (Å²) in [5.74, 6) is 2.11. The highest BCUT2D eigenvalue weighted by Crippen LogP contribution is 2.37. The predicted octanol–water partition coefficient (Wildman–Crippen LogP) is 1.20. The van der Waals surface area contributed by atoms with Crippen LogP contribution in [0.4, 0.5) is 0 Å². The van der Waals surface area contributed by atoms with E-state index >= 15 is 0 Å². The van der Waals surface area contributed by atoms with Crippen LogP contribution in [-0.2, 0) is 0 Å². The Labute approximate surface area is 78.4 Å². The molecule has 2 rings (SSSR count). The minimum Gasteiger partial charge on any atom is -0.311 e. The molecule has 0 amide bonds. The van der Waals surface area contributed by atoms with Crippen LogP contribution in [0.15, 0.2) is 0 Å². The fourth-order valence-corrected chi connectivity index (χ4v) is 1.59. The average molecular weight is 180 g/mol. The van der Waals surface area contributed by atoms with Crippen molar-refractivity contribution in [2.24, 2.45) is 0 Å². The second kappa shape index (κ2) is 3.10. The molecule has 1 atom stereocenters. The third kappa shape index (κ3) is 1.46. The Balaban J connectivity index is 2.33. The number of aromatic nitrogens is 3. The highest BCUT2D eigenvalue weighted by molar-refractivity contribution is 5.04. The van der Waals surface area contributed by atoms with E-state index in [0.717, 1.165) is 11.6 Å². The van der Waals surface area contributed by atoms with E-state index in [2.05, 4.69) is 27.0 Å². The van der Waals surface area contributed by atoms with Gasteiger partial charge in [0.1, 0.15) is 11.6 Å². The molecule has 0 spiro atoms. The molecule has 1 aromatic heterocycles. The summed E-state index contributed by atoms with van der Waals surface area (Å²) in [5, 5.41) is 11.5. The molecule has 0 aromatic carbocycles. The molecule has 0 unspecified atom stereocenters. The molecule has 1 saturated carbocycles. The first-order chi connectivity index (χ1) is 6.24. The molecular weight excluding hydrogens is 164 g/mol. The summed E-state index contributed by atoms with van der Waals surface area (Å²) in [7, 11) is 1.95. The van der Waals surface area contributed by atoms with E-state index in [9.17, 15) is 0 Å². The molecule has 4 nitrogen and oxygen atoms in total. The van der Waals surface area contributed by atoms with Crippen LogP contribution in [0.3, 0.4) is 0 Å². The molecule has 72 valence electrons. The summed E-state index contributed by atoms with van der Waals surface area (Å²) in [4.78, 5) is 0. The summed E-state index contributed by atoms with van der Waals surface area (Å²) in [6, 6.07) is 0.961. The third-order valence-electron chi connectivity index (χ3n) is 2.62.